The lowest BCUT2D eigenvalue weighted by Crippen LogP contribution is -2.31. The van der Waals surface area contributed by atoms with Crippen LogP contribution in [0, 0.1) is 11.8 Å². The van der Waals surface area contributed by atoms with Gasteiger partial charge in [-0.2, -0.15) is 19.2 Å². The van der Waals surface area contributed by atoms with Crippen molar-refractivity contribution in [2.24, 2.45) is 11.8 Å². The smallest absolute Gasteiger partial charge is 0.405 e. The average molecular weight is 284 g/mol. The van der Waals surface area contributed by atoms with Gasteiger partial charge < -0.3 is 9.31 Å². The normalized spacial score (nSPS) is 20.2. The Morgan fingerprint density at radius 2 is 1.30 bits per heavy atom. The first-order chi connectivity index (χ1) is 9.39. The van der Waals surface area contributed by atoms with Crippen molar-refractivity contribution in [1.82, 2.24) is 0 Å². The van der Waals surface area contributed by atoms with Gasteiger partial charge >= 0.3 is 19.4 Å². The maximum absolute atomic E-state index is 8.12. The highest BCUT2D eigenvalue weighted by Gasteiger charge is 2.41. The van der Waals surface area contributed by atoms with Crippen LogP contribution in [0.25, 0.3) is 0 Å². The van der Waals surface area contributed by atoms with Gasteiger partial charge in [-0.3, -0.25) is 0 Å². The number of rotatable bonds is 4. The molecule has 0 unspecified atom stereocenters. The third kappa shape index (κ3) is 8.56. The summed E-state index contributed by atoms with van der Waals surface area (Å²) in [7, 11) is -0.0766. The van der Waals surface area contributed by atoms with E-state index < -0.39 is 0 Å². The van der Waals surface area contributed by atoms with E-state index >= 15 is 0 Å². The summed E-state index contributed by atoms with van der Waals surface area (Å²) in [6, 6.07) is 0. The van der Waals surface area contributed by atoms with Crippen molar-refractivity contribution < 1.29 is 28.5 Å². The second-order valence-electron chi connectivity index (χ2n) is 4.81. The molecule has 0 radical (unpaired) electrons. The molecule has 112 valence electrons. The Hall–Kier alpha value is -1.52. The standard InChI is InChI=1S/C11H21BO2.2CO2/c1-6-7-12-13-10(8(2)3)11(14-12)9(4)5;2*2-1-3/h6,8-11H,1,7H2,2-5H3;;/t10-,11-;;/m1../s1. The maximum Gasteiger partial charge on any atom is 0.461 e. The van der Waals surface area contributed by atoms with Gasteiger partial charge in [-0.1, -0.05) is 33.8 Å². The van der Waals surface area contributed by atoms with E-state index in [0.717, 1.165) is 6.32 Å². The van der Waals surface area contributed by atoms with Gasteiger partial charge in [0.15, 0.2) is 0 Å². The molecular formula is C13H21BO6. The summed E-state index contributed by atoms with van der Waals surface area (Å²) in [5.41, 5.74) is 0. The van der Waals surface area contributed by atoms with Crippen LogP contribution >= 0.6 is 0 Å². The molecule has 1 aliphatic heterocycles. The minimum Gasteiger partial charge on any atom is -0.405 e. The first-order valence-corrected chi connectivity index (χ1v) is 6.29. The molecule has 0 bridgehead atoms. The Labute approximate surface area is 119 Å². The van der Waals surface area contributed by atoms with Crippen molar-refractivity contribution in [1.29, 1.82) is 0 Å². The third-order valence-corrected chi connectivity index (χ3v) is 2.61. The van der Waals surface area contributed by atoms with E-state index in [0.29, 0.717) is 11.8 Å². The van der Waals surface area contributed by atoms with E-state index in [-0.39, 0.29) is 31.6 Å². The Morgan fingerprint density at radius 1 is 1.00 bits per heavy atom. The van der Waals surface area contributed by atoms with Crippen molar-refractivity contribution in [2.45, 2.75) is 46.2 Å². The first kappa shape index (κ1) is 20.8. The van der Waals surface area contributed by atoms with Gasteiger partial charge in [0.25, 0.3) is 0 Å². The predicted molar refractivity (Wildman–Crippen MR) is 70.2 cm³/mol. The minimum atomic E-state index is -0.0766. The van der Waals surface area contributed by atoms with Gasteiger partial charge in [-0.15, -0.1) is 6.58 Å². The van der Waals surface area contributed by atoms with E-state index in [4.69, 9.17) is 28.5 Å². The average Bonchev–Trinajstić information content (AvgIpc) is 2.76. The van der Waals surface area contributed by atoms with Crippen LogP contribution in [0.4, 0.5) is 0 Å². The second-order valence-corrected chi connectivity index (χ2v) is 4.81. The molecule has 0 saturated carbocycles. The third-order valence-electron chi connectivity index (χ3n) is 2.61. The molecular weight excluding hydrogens is 263 g/mol. The summed E-state index contributed by atoms with van der Waals surface area (Å²) in [4.78, 5) is 32.5. The molecule has 2 atom stereocenters. The molecule has 0 aromatic heterocycles. The van der Waals surface area contributed by atoms with Crippen LogP contribution in [0.15, 0.2) is 12.7 Å². The zero-order chi connectivity index (χ0) is 16.1. The van der Waals surface area contributed by atoms with E-state index in [9.17, 15) is 0 Å². The second kappa shape index (κ2) is 12.5. The molecule has 1 fully saturated rings. The van der Waals surface area contributed by atoms with Crippen LogP contribution in [-0.4, -0.2) is 31.6 Å². The van der Waals surface area contributed by atoms with Crippen LogP contribution < -0.4 is 0 Å². The lowest BCUT2D eigenvalue weighted by molar-refractivity contribution is -0.193. The molecule has 0 spiro atoms. The quantitative estimate of drug-likeness (QED) is 0.575. The first-order valence-electron chi connectivity index (χ1n) is 6.29. The number of allylic oxidation sites excluding steroid dienone is 1. The van der Waals surface area contributed by atoms with Crippen LogP contribution in [0.1, 0.15) is 27.7 Å². The molecule has 0 aromatic carbocycles. The lowest BCUT2D eigenvalue weighted by Gasteiger charge is -2.24. The van der Waals surface area contributed by atoms with Crippen molar-refractivity contribution in [3.63, 3.8) is 0 Å². The lowest BCUT2D eigenvalue weighted by atomic mass is 9.85. The van der Waals surface area contributed by atoms with E-state index in [1.807, 2.05) is 6.08 Å². The van der Waals surface area contributed by atoms with Gasteiger partial charge in [0.05, 0.1) is 12.2 Å². The molecule has 1 rings (SSSR count). The van der Waals surface area contributed by atoms with Crippen LogP contribution in [0.3, 0.4) is 0 Å². The SMILES string of the molecule is C=CCB1O[C@H](C(C)C)[C@@H](C(C)C)O1.O=C=O.O=C=O. The highest BCUT2D eigenvalue weighted by molar-refractivity contribution is 6.45. The van der Waals surface area contributed by atoms with Crippen molar-refractivity contribution in [3.05, 3.63) is 12.7 Å². The van der Waals surface area contributed by atoms with Gasteiger partial charge in [0.2, 0.25) is 0 Å². The molecule has 1 aliphatic rings. The van der Waals surface area contributed by atoms with Crippen molar-refractivity contribution in [3.8, 4) is 0 Å². The molecule has 0 amide bonds. The zero-order valence-electron chi connectivity index (χ0n) is 12.3. The highest BCUT2D eigenvalue weighted by atomic mass is 16.7. The molecule has 0 aliphatic carbocycles. The minimum absolute atomic E-state index is 0.0766. The molecule has 6 nitrogen and oxygen atoms in total. The molecule has 20 heavy (non-hydrogen) atoms. The Balaban J connectivity index is 0. The van der Waals surface area contributed by atoms with Gasteiger partial charge in [0, 0.05) is 6.32 Å². The van der Waals surface area contributed by atoms with E-state index in [2.05, 4.69) is 34.3 Å². The van der Waals surface area contributed by atoms with Crippen molar-refractivity contribution in [2.75, 3.05) is 0 Å². The molecule has 0 N–H and O–H groups in total. The van der Waals surface area contributed by atoms with Crippen molar-refractivity contribution >= 4 is 19.4 Å². The molecule has 0 aromatic rings. The number of hydrogen-bond acceptors (Lipinski definition) is 6. The zero-order valence-corrected chi connectivity index (χ0v) is 12.3. The fourth-order valence-corrected chi connectivity index (χ4v) is 1.86. The summed E-state index contributed by atoms with van der Waals surface area (Å²) in [6.45, 7) is 12.4. The summed E-state index contributed by atoms with van der Waals surface area (Å²) in [5.74, 6) is 1.02. The monoisotopic (exact) mass is 284 g/mol. The predicted octanol–water partition coefficient (Wildman–Crippen LogP) is 1.59. The van der Waals surface area contributed by atoms with Gasteiger partial charge in [-0.05, 0) is 11.8 Å². The van der Waals surface area contributed by atoms with Gasteiger partial charge in [0.1, 0.15) is 0 Å². The Morgan fingerprint density at radius 3 is 1.50 bits per heavy atom. The largest absolute Gasteiger partial charge is 0.461 e. The van der Waals surface area contributed by atoms with Crippen LogP contribution in [0.5, 0.6) is 0 Å². The highest BCUT2D eigenvalue weighted by Crippen LogP contribution is 2.29. The fraction of sp³-hybridized carbons (Fsp3) is 0.692. The fourth-order valence-electron chi connectivity index (χ4n) is 1.86. The van der Waals surface area contributed by atoms with Crippen LogP contribution in [0.2, 0.25) is 6.32 Å². The van der Waals surface area contributed by atoms with Crippen LogP contribution in [-0.2, 0) is 28.5 Å². The molecule has 1 heterocycles. The Kier molecular flexibility index (Phi) is 13.0. The van der Waals surface area contributed by atoms with E-state index in [1.165, 1.54) is 0 Å². The number of carbonyl (C=O) groups excluding carboxylic acids is 4. The van der Waals surface area contributed by atoms with E-state index in [1.54, 1.807) is 0 Å². The van der Waals surface area contributed by atoms with Gasteiger partial charge in [-0.25, -0.2) is 0 Å². The summed E-state index contributed by atoms with van der Waals surface area (Å²) >= 11 is 0. The summed E-state index contributed by atoms with van der Waals surface area (Å²) < 4.78 is 11.7. The topological polar surface area (TPSA) is 86.7 Å². The molecule has 1 saturated heterocycles. The number of hydrogen-bond donors (Lipinski definition) is 0. The summed E-state index contributed by atoms with van der Waals surface area (Å²) in [6.07, 6.45) is 3.61. The molecule has 7 heteroatoms. The Bertz CT molecular complexity index is 302. The summed E-state index contributed by atoms with van der Waals surface area (Å²) in [5, 5.41) is 0. The maximum atomic E-state index is 8.12.